The van der Waals surface area contributed by atoms with Gasteiger partial charge in [0.1, 0.15) is 10.4 Å². The van der Waals surface area contributed by atoms with Crippen LogP contribution in [0.5, 0.6) is 0 Å². The molecule has 2 aromatic heterocycles. The number of aryl methyl sites for hydroxylation is 1. The van der Waals surface area contributed by atoms with E-state index in [1.807, 2.05) is 5.38 Å². The van der Waals surface area contributed by atoms with Crippen LogP contribution in [0.4, 0.5) is 0 Å². The molecule has 7 heteroatoms. The zero-order chi connectivity index (χ0) is 13.8. The minimum absolute atomic E-state index is 0.416. The predicted molar refractivity (Wildman–Crippen MR) is 70.7 cm³/mol. The summed E-state index contributed by atoms with van der Waals surface area (Å²) in [6.45, 7) is 1.81. The van der Waals surface area contributed by atoms with Crippen molar-refractivity contribution in [2.45, 2.75) is 25.3 Å². The molecule has 0 radical (unpaired) electrons. The second-order valence-corrected chi connectivity index (χ2v) is 5.60. The summed E-state index contributed by atoms with van der Waals surface area (Å²) in [5.41, 5.74) is -1.28. The van der Waals surface area contributed by atoms with E-state index in [0.29, 0.717) is 23.1 Å². The van der Waals surface area contributed by atoms with Gasteiger partial charge in [0.05, 0.1) is 12.5 Å². The second kappa shape index (κ2) is 3.80. The number of nitrogens with zero attached hydrogens (tertiary/aromatic N) is 1. The van der Waals surface area contributed by atoms with Crippen LogP contribution in [-0.2, 0) is 15.1 Å². The summed E-state index contributed by atoms with van der Waals surface area (Å²) in [6.07, 6.45) is 0.911. The largest absolute Gasteiger partial charge is 0.467 e. The maximum absolute atomic E-state index is 12.5. The summed E-state index contributed by atoms with van der Waals surface area (Å²) in [7, 11) is 1.26. The van der Waals surface area contributed by atoms with Crippen molar-refractivity contribution in [1.29, 1.82) is 0 Å². The third-order valence-electron chi connectivity index (χ3n) is 3.53. The molecular weight excluding hydrogens is 268 g/mol. The highest BCUT2D eigenvalue weighted by Crippen LogP contribution is 2.42. The Bertz CT molecular complexity index is 794. The first kappa shape index (κ1) is 12.2. The fourth-order valence-electron chi connectivity index (χ4n) is 2.38. The Labute approximate surface area is 111 Å². The molecule has 0 aromatic carbocycles. The molecule has 0 atom stereocenters. The fourth-order valence-corrected chi connectivity index (χ4v) is 3.30. The average Bonchev–Trinajstić information content (AvgIpc) is 3.08. The number of carbonyl (C=O) groups is 1. The van der Waals surface area contributed by atoms with E-state index in [1.165, 1.54) is 18.4 Å². The first-order valence-corrected chi connectivity index (χ1v) is 6.71. The SMILES string of the molecule is COC(=O)C1(n2c(=O)[nH]c3scc(C)c3c2=O)CC1. The lowest BCUT2D eigenvalue weighted by atomic mass is 10.2. The number of methoxy groups -OCH3 is 1. The molecule has 1 saturated carbocycles. The van der Waals surface area contributed by atoms with Crippen molar-refractivity contribution in [1.82, 2.24) is 9.55 Å². The maximum atomic E-state index is 12.5. The summed E-state index contributed by atoms with van der Waals surface area (Å²) >= 11 is 1.31. The van der Waals surface area contributed by atoms with Gasteiger partial charge in [-0.3, -0.25) is 9.78 Å². The molecule has 1 N–H and O–H groups in total. The van der Waals surface area contributed by atoms with Gasteiger partial charge >= 0.3 is 11.7 Å². The molecule has 0 saturated heterocycles. The molecule has 100 valence electrons. The lowest BCUT2D eigenvalue weighted by Gasteiger charge is -2.14. The van der Waals surface area contributed by atoms with Crippen LogP contribution >= 0.6 is 11.3 Å². The predicted octanol–water partition coefficient (Wildman–Crippen LogP) is 0.722. The van der Waals surface area contributed by atoms with E-state index in [4.69, 9.17) is 4.74 Å². The highest BCUT2D eigenvalue weighted by Gasteiger charge is 2.55. The van der Waals surface area contributed by atoms with E-state index in [2.05, 4.69) is 4.98 Å². The van der Waals surface area contributed by atoms with Gasteiger partial charge in [0.2, 0.25) is 0 Å². The van der Waals surface area contributed by atoms with Crippen molar-refractivity contribution in [3.63, 3.8) is 0 Å². The Kier molecular flexibility index (Phi) is 2.43. The number of H-pyrrole nitrogens is 1. The van der Waals surface area contributed by atoms with E-state index in [0.717, 1.165) is 10.1 Å². The number of esters is 1. The Morgan fingerprint density at radius 2 is 2.16 bits per heavy atom. The molecule has 19 heavy (non-hydrogen) atoms. The first-order valence-electron chi connectivity index (χ1n) is 5.83. The highest BCUT2D eigenvalue weighted by molar-refractivity contribution is 7.16. The number of hydrogen-bond acceptors (Lipinski definition) is 5. The molecule has 0 unspecified atom stereocenters. The molecule has 2 heterocycles. The Morgan fingerprint density at radius 1 is 1.47 bits per heavy atom. The van der Waals surface area contributed by atoms with E-state index in [9.17, 15) is 14.4 Å². The number of aromatic nitrogens is 2. The molecule has 6 nitrogen and oxygen atoms in total. The van der Waals surface area contributed by atoms with Crippen LogP contribution in [0.3, 0.4) is 0 Å². The average molecular weight is 280 g/mol. The van der Waals surface area contributed by atoms with Gasteiger partial charge in [-0.1, -0.05) is 0 Å². The summed E-state index contributed by atoms with van der Waals surface area (Å²) < 4.78 is 5.73. The third-order valence-corrected chi connectivity index (χ3v) is 4.55. The van der Waals surface area contributed by atoms with Crippen LogP contribution in [-0.4, -0.2) is 22.6 Å². The molecule has 1 fully saturated rings. The summed E-state index contributed by atoms with van der Waals surface area (Å²) in [5.74, 6) is -0.535. The van der Waals surface area contributed by atoms with Gasteiger partial charge < -0.3 is 4.74 Å². The number of nitrogens with one attached hydrogen (secondary N) is 1. The van der Waals surface area contributed by atoms with Crippen LogP contribution in [0.1, 0.15) is 18.4 Å². The minimum Gasteiger partial charge on any atom is -0.467 e. The van der Waals surface area contributed by atoms with Gasteiger partial charge in [-0.05, 0) is 30.7 Å². The van der Waals surface area contributed by atoms with Gasteiger partial charge in [-0.2, -0.15) is 0 Å². The normalized spacial score (nSPS) is 16.5. The topological polar surface area (TPSA) is 81.2 Å². The number of fused-ring (bicyclic) bond motifs is 1. The van der Waals surface area contributed by atoms with Crippen molar-refractivity contribution in [3.05, 3.63) is 31.8 Å². The fraction of sp³-hybridized carbons (Fsp3) is 0.417. The first-order chi connectivity index (χ1) is 9.01. The smallest absolute Gasteiger partial charge is 0.332 e. The summed E-state index contributed by atoms with van der Waals surface area (Å²) in [6, 6.07) is 0. The summed E-state index contributed by atoms with van der Waals surface area (Å²) in [5, 5.41) is 2.28. The standard InChI is InChI=1S/C12H12N2O4S/c1-6-5-19-8-7(6)9(15)14(11(17)13-8)12(3-4-12)10(16)18-2/h5H,3-4H2,1-2H3,(H,13,17). The van der Waals surface area contributed by atoms with Gasteiger partial charge in [0, 0.05) is 0 Å². The van der Waals surface area contributed by atoms with E-state index in [-0.39, 0.29) is 0 Å². The number of ether oxygens (including phenoxy) is 1. The third kappa shape index (κ3) is 1.51. The molecule has 0 spiro atoms. The lowest BCUT2D eigenvalue weighted by molar-refractivity contribution is -0.146. The van der Waals surface area contributed by atoms with Crippen molar-refractivity contribution >= 4 is 27.5 Å². The van der Waals surface area contributed by atoms with Gasteiger partial charge in [0.25, 0.3) is 5.56 Å². The van der Waals surface area contributed by atoms with Crippen molar-refractivity contribution in [2.75, 3.05) is 7.11 Å². The Morgan fingerprint density at radius 3 is 2.74 bits per heavy atom. The number of aromatic amines is 1. The van der Waals surface area contributed by atoms with E-state index < -0.39 is 22.8 Å². The van der Waals surface area contributed by atoms with Crippen LogP contribution in [0, 0.1) is 6.92 Å². The quantitative estimate of drug-likeness (QED) is 0.822. The highest BCUT2D eigenvalue weighted by atomic mass is 32.1. The van der Waals surface area contributed by atoms with Crippen LogP contribution < -0.4 is 11.2 Å². The molecule has 0 bridgehead atoms. The Balaban J connectivity index is 2.37. The number of carbonyl (C=O) groups excluding carboxylic acids is 1. The van der Waals surface area contributed by atoms with Gasteiger partial charge in [0.15, 0.2) is 0 Å². The molecular formula is C12H12N2O4S. The van der Waals surface area contributed by atoms with Crippen molar-refractivity contribution < 1.29 is 9.53 Å². The molecule has 0 amide bonds. The van der Waals surface area contributed by atoms with Crippen LogP contribution in [0.2, 0.25) is 0 Å². The van der Waals surface area contributed by atoms with Crippen LogP contribution in [0.15, 0.2) is 15.0 Å². The minimum atomic E-state index is -1.11. The molecule has 0 aliphatic heterocycles. The maximum Gasteiger partial charge on any atom is 0.332 e. The molecule has 2 aromatic rings. The molecule has 3 rings (SSSR count). The van der Waals surface area contributed by atoms with Gasteiger partial charge in [-0.15, -0.1) is 11.3 Å². The van der Waals surface area contributed by atoms with E-state index in [1.54, 1.807) is 6.92 Å². The van der Waals surface area contributed by atoms with Crippen molar-refractivity contribution in [2.24, 2.45) is 0 Å². The molecule has 1 aliphatic rings. The Hall–Kier alpha value is -1.89. The zero-order valence-electron chi connectivity index (χ0n) is 10.5. The van der Waals surface area contributed by atoms with E-state index >= 15 is 0 Å². The van der Waals surface area contributed by atoms with Crippen molar-refractivity contribution in [3.8, 4) is 0 Å². The summed E-state index contributed by atoms with van der Waals surface area (Å²) in [4.78, 5) is 39.6. The second-order valence-electron chi connectivity index (χ2n) is 4.72. The van der Waals surface area contributed by atoms with Gasteiger partial charge in [-0.25, -0.2) is 14.2 Å². The monoisotopic (exact) mass is 280 g/mol. The number of thiophene rings is 1. The van der Waals surface area contributed by atoms with Crippen LogP contribution in [0.25, 0.3) is 10.2 Å². The lowest BCUT2D eigenvalue weighted by Crippen LogP contribution is -2.46. The molecule has 1 aliphatic carbocycles. The zero-order valence-corrected chi connectivity index (χ0v) is 11.3. The number of hydrogen-bond donors (Lipinski definition) is 1. The number of rotatable bonds is 2.